The van der Waals surface area contributed by atoms with Crippen molar-refractivity contribution in [3.05, 3.63) is 79.8 Å². The molecule has 3 aromatic rings. The third kappa shape index (κ3) is 8.76. The van der Waals surface area contributed by atoms with Gasteiger partial charge in [0.2, 0.25) is 29.2 Å². The Hall–Kier alpha value is -5.62. The number of rotatable bonds is 6. The van der Waals surface area contributed by atoms with Gasteiger partial charge in [0.05, 0.1) is 23.6 Å². The summed E-state index contributed by atoms with van der Waals surface area (Å²) in [6.45, 7) is 4.77. The van der Waals surface area contributed by atoms with E-state index >= 15 is 0 Å². The molecule has 5 rings (SSSR count). The molecule has 3 aromatic carbocycles. The summed E-state index contributed by atoms with van der Waals surface area (Å²) in [6, 6.07) is 5.00. The van der Waals surface area contributed by atoms with Crippen LogP contribution in [-0.4, -0.2) is 71.9 Å². The molecule has 272 valence electrons. The molecule has 2 aliphatic heterocycles. The fourth-order valence-electron chi connectivity index (χ4n) is 5.11. The minimum absolute atomic E-state index is 0.119. The molecule has 0 saturated heterocycles. The Labute approximate surface area is 299 Å². The summed E-state index contributed by atoms with van der Waals surface area (Å²) in [5, 5.41) is 44.3. The van der Waals surface area contributed by atoms with Crippen LogP contribution in [0.3, 0.4) is 0 Å². The van der Waals surface area contributed by atoms with Crippen LogP contribution in [0.15, 0.2) is 53.0 Å². The second-order valence-electron chi connectivity index (χ2n) is 12.1. The van der Waals surface area contributed by atoms with Crippen LogP contribution < -0.4 is 35.5 Å². The number of carbonyl (C=O) groups excluding carboxylic acids is 4. The first kappa shape index (κ1) is 38.2. The number of halogens is 1. The fourth-order valence-corrected chi connectivity index (χ4v) is 5.67. The minimum atomic E-state index is -1.85. The highest BCUT2D eigenvalue weighted by molar-refractivity contribution is 9.10. The number of amides is 4. The Morgan fingerprint density at radius 1 is 0.961 bits per heavy atom. The summed E-state index contributed by atoms with van der Waals surface area (Å²) in [5.41, 5.74) is -1.78. The predicted molar refractivity (Wildman–Crippen MR) is 182 cm³/mol. The predicted octanol–water partition coefficient (Wildman–Crippen LogP) is 3.57. The molecule has 0 unspecified atom stereocenters. The zero-order chi connectivity index (χ0) is 37.8. The lowest BCUT2D eigenvalue weighted by molar-refractivity contribution is -0.385. The zero-order valence-corrected chi connectivity index (χ0v) is 29.8. The van der Waals surface area contributed by atoms with E-state index in [1.54, 1.807) is 20.8 Å². The molecule has 0 radical (unpaired) electrons. The van der Waals surface area contributed by atoms with Crippen LogP contribution in [0.5, 0.6) is 28.7 Å². The number of methoxy groups -OCH3 is 2. The van der Waals surface area contributed by atoms with Gasteiger partial charge in [-0.1, -0.05) is 12.1 Å². The van der Waals surface area contributed by atoms with Crippen LogP contribution in [0.1, 0.15) is 55.6 Å². The third-order valence-electron chi connectivity index (χ3n) is 7.46. The van der Waals surface area contributed by atoms with E-state index in [0.717, 1.165) is 18.2 Å². The number of carbonyl (C=O) groups is 4. The maximum atomic E-state index is 14.2. The maximum Gasteiger partial charge on any atom is 0.408 e. The number of ether oxygens (including phenoxy) is 4. The number of nitrogens with one attached hydrogen (secondary N) is 4. The topological polar surface area (TPSA) is 237 Å². The van der Waals surface area contributed by atoms with Crippen molar-refractivity contribution in [3.8, 4) is 28.7 Å². The van der Waals surface area contributed by atoms with E-state index in [1.165, 1.54) is 51.6 Å². The SMILES string of the molecule is CNC(=O)[C@H]1NC(=O)[C@@H](c2ccc(OC)c(Br)c2)NC(=O)[C@H](NC(=O)OC(C)(C)C)c2cc(O)c(OC)c(c2)Oc2ccc(cc2[N+](=O)[O-])[C@H]1O. The largest absolute Gasteiger partial charge is 0.504 e. The number of benzene rings is 3. The quantitative estimate of drug-likeness (QED) is 0.156. The Morgan fingerprint density at radius 3 is 2.24 bits per heavy atom. The lowest BCUT2D eigenvalue weighted by Gasteiger charge is -2.29. The van der Waals surface area contributed by atoms with Crippen LogP contribution in [0.25, 0.3) is 0 Å². The lowest BCUT2D eigenvalue weighted by Crippen LogP contribution is -2.53. The van der Waals surface area contributed by atoms with Crippen LogP contribution in [0, 0.1) is 10.1 Å². The highest BCUT2D eigenvalue weighted by atomic mass is 79.9. The van der Waals surface area contributed by atoms with E-state index < -0.39 is 70.0 Å². The van der Waals surface area contributed by atoms with Crippen LogP contribution in [0.4, 0.5) is 10.5 Å². The number of phenolic OH excluding ortho intramolecular Hbond substituents is 1. The second kappa shape index (κ2) is 15.5. The lowest BCUT2D eigenvalue weighted by atomic mass is 9.98. The molecule has 0 saturated carbocycles. The number of hydrogen-bond donors (Lipinski definition) is 6. The summed E-state index contributed by atoms with van der Waals surface area (Å²) < 4.78 is 22.2. The molecule has 0 fully saturated rings. The molecular weight excluding hydrogens is 738 g/mol. The molecule has 4 amide bonds. The van der Waals surface area contributed by atoms with Gasteiger partial charge in [0.1, 0.15) is 35.6 Å². The molecule has 17 nitrogen and oxygen atoms in total. The third-order valence-corrected chi connectivity index (χ3v) is 8.08. The van der Waals surface area contributed by atoms with Crippen molar-refractivity contribution in [1.82, 2.24) is 21.3 Å². The van der Waals surface area contributed by atoms with E-state index in [0.29, 0.717) is 10.2 Å². The molecule has 2 heterocycles. The van der Waals surface area contributed by atoms with Gasteiger partial charge in [-0.25, -0.2) is 4.79 Å². The van der Waals surface area contributed by atoms with Crippen LogP contribution in [-0.2, 0) is 19.1 Å². The molecule has 6 N–H and O–H groups in total. The number of hydrogen-bond acceptors (Lipinski definition) is 12. The number of aliphatic hydroxyl groups excluding tert-OH is 1. The number of alkyl carbamates (subject to hydrolysis) is 1. The highest BCUT2D eigenvalue weighted by Crippen LogP contribution is 2.44. The van der Waals surface area contributed by atoms with E-state index in [9.17, 15) is 39.5 Å². The standard InChI is InChI=1S/C33H36BrN5O12/c1-33(2,3)51-32(45)38-25-17-13-20(40)28(49-6)23(14-17)50-22-10-8-16(12-19(22)39(46)47)27(41)26(29(42)35-4)37-30(43)24(36-31(25)44)15-7-9-21(48-5)18(34)11-15/h7-14,24-27,40-41H,1-6H3,(H,35,42)(H,36,44)(H,37,43)(H,38,45)/t24-,25-,26+,27-/m1/s1. The molecular formula is C33H36BrN5O12. The number of aliphatic hydroxyl groups is 1. The number of likely N-dealkylation sites (N-methyl/N-ethyl adjacent to an activating group) is 1. The Morgan fingerprint density at radius 2 is 1.65 bits per heavy atom. The summed E-state index contributed by atoms with van der Waals surface area (Å²) in [4.78, 5) is 65.9. The number of phenols is 1. The van der Waals surface area contributed by atoms with Gasteiger partial charge in [-0.2, -0.15) is 0 Å². The number of nitro groups is 1. The normalized spacial score (nSPS) is 19.1. The van der Waals surface area contributed by atoms with Gasteiger partial charge < -0.3 is 50.4 Å². The summed E-state index contributed by atoms with van der Waals surface area (Å²) in [7, 11) is 3.87. The monoisotopic (exact) mass is 773 g/mol. The molecule has 4 bridgehead atoms. The number of fused-ring (bicyclic) bond motifs is 9. The molecule has 51 heavy (non-hydrogen) atoms. The van der Waals surface area contributed by atoms with Crippen molar-refractivity contribution in [2.75, 3.05) is 21.3 Å². The summed E-state index contributed by atoms with van der Waals surface area (Å²) in [6.07, 6.45) is -2.91. The number of nitrogens with zero attached hydrogens (tertiary/aromatic N) is 1. The molecule has 0 spiro atoms. The number of nitro benzene ring substituents is 1. The maximum absolute atomic E-state index is 14.2. The van der Waals surface area contributed by atoms with Gasteiger partial charge in [-0.05, 0) is 83.7 Å². The van der Waals surface area contributed by atoms with E-state index in [2.05, 4.69) is 37.2 Å². The van der Waals surface area contributed by atoms with Crippen molar-refractivity contribution >= 4 is 45.4 Å². The van der Waals surface area contributed by atoms with Crippen molar-refractivity contribution in [2.24, 2.45) is 0 Å². The van der Waals surface area contributed by atoms with E-state index in [-0.39, 0.29) is 33.9 Å². The fraction of sp³-hybridized carbons (Fsp3) is 0.333. The summed E-state index contributed by atoms with van der Waals surface area (Å²) >= 11 is 3.35. The second-order valence-corrected chi connectivity index (χ2v) is 13.0. The minimum Gasteiger partial charge on any atom is -0.504 e. The van der Waals surface area contributed by atoms with Crippen LogP contribution in [0.2, 0.25) is 0 Å². The first-order chi connectivity index (χ1) is 24.0. The smallest absolute Gasteiger partial charge is 0.408 e. The van der Waals surface area contributed by atoms with Gasteiger partial charge in [0, 0.05) is 13.1 Å². The van der Waals surface area contributed by atoms with Gasteiger partial charge >= 0.3 is 11.8 Å². The van der Waals surface area contributed by atoms with Crippen molar-refractivity contribution in [3.63, 3.8) is 0 Å². The Bertz CT molecular complexity index is 1860. The van der Waals surface area contributed by atoms with Gasteiger partial charge in [0.25, 0.3) is 0 Å². The Kier molecular flexibility index (Phi) is 11.6. The first-order valence-electron chi connectivity index (χ1n) is 15.2. The molecule has 0 aliphatic carbocycles. The molecule has 2 aliphatic rings. The van der Waals surface area contributed by atoms with Gasteiger partial charge in [-0.3, -0.25) is 24.5 Å². The first-order valence-corrected chi connectivity index (χ1v) is 16.0. The molecule has 18 heteroatoms. The molecule has 4 atom stereocenters. The average molecular weight is 775 g/mol. The van der Waals surface area contributed by atoms with E-state index in [1.807, 2.05) is 0 Å². The van der Waals surface area contributed by atoms with E-state index in [4.69, 9.17) is 18.9 Å². The molecule has 0 aromatic heterocycles. The van der Waals surface area contributed by atoms with Gasteiger partial charge in [-0.15, -0.1) is 0 Å². The number of aromatic hydroxyl groups is 1. The van der Waals surface area contributed by atoms with Crippen molar-refractivity contribution in [2.45, 2.75) is 50.6 Å². The Balaban J connectivity index is 2.01. The summed E-state index contributed by atoms with van der Waals surface area (Å²) in [5.74, 6) is -4.05. The van der Waals surface area contributed by atoms with Crippen LogP contribution >= 0.6 is 15.9 Å². The average Bonchev–Trinajstić information content (AvgIpc) is 3.06. The van der Waals surface area contributed by atoms with Crippen molar-refractivity contribution < 1.29 is 53.3 Å². The van der Waals surface area contributed by atoms with Crippen molar-refractivity contribution in [1.29, 1.82) is 0 Å². The van der Waals surface area contributed by atoms with Gasteiger partial charge in [0.15, 0.2) is 11.5 Å². The highest BCUT2D eigenvalue weighted by Gasteiger charge is 2.37. The zero-order valence-electron chi connectivity index (χ0n) is 28.2.